The third-order valence-corrected chi connectivity index (χ3v) is 5.28. The lowest BCUT2D eigenvalue weighted by molar-refractivity contribution is -0.133. The van der Waals surface area contributed by atoms with E-state index in [-0.39, 0.29) is 18.0 Å². The lowest BCUT2D eigenvalue weighted by Crippen LogP contribution is -2.12. The van der Waals surface area contributed by atoms with Crippen LogP contribution in [-0.2, 0) is 11.2 Å². The molecule has 4 rings (SSSR count). The van der Waals surface area contributed by atoms with Gasteiger partial charge in [-0.2, -0.15) is 0 Å². The van der Waals surface area contributed by atoms with Gasteiger partial charge in [0.25, 0.3) is 0 Å². The number of allylic oxidation sites excluding steroid dienone is 1. The molecule has 1 heterocycles. The van der Waals surface area contributed by atoms with Crippen LogP contribution < -0.4 is 14.2 Å². The van der Waals surface area contributed by atoms with Gasteiger partial charge >= 0.3 is 5.97 Å². The standard InChI is InChI=1S/C26H21ClO5/c1-3-30-22-7-5-4-6-18(22)15-23-25(29)20-12-13-21(16(2)26(20)32-23)31-24(28)14-17-8-10-19(27)11-9-17/h4-13,15H,3,14H2,1-2H3/b23-15-. The Morgan fingerprint density at radius 1 is 1.03 bits per heavy atom. The zero-order valence-corrected chi connectivity index (χ0v) is 18.4. The van der Waals surface area contributed by atoms with Gasteiger partial charge in [0.05, 0.1) is 18.6 Å². The molecule has 0 aliphatic carbocycles. The summed E-state index contributed by atoms with van der Waals surface area (Å²) >= 11 is 5.88. The average molecular weight is 449 g/mol. The SMILES string of the molecule is CCOc1ccccc1/C=C1\Oc2c(ccc(OC(=O)Cc3ccc(Cl)cc3)c2C)C1=O. The minimum Gasteiger partial charge on any atom is -0.493 e. The second-order valence-corrected chi connectivity index (χ2v) is 7.69. The summed E-state index contributed by atoms with van der Waals surface area (Å²) in [6.45, 7) is 4.17. The van der Waals surface area contributed by atoms with Crippen LogP contribution >= 0.6 is 11.6 Å². The molecule has 0 saturated carbocycles. The summed E-state index contributed by atoms with van der Waals surface area (Å²) in [5, 5.41) is 0.603. The van der Waals surface area contributed by atoms with E-state index in [4.69, 9.17) is 25.8 Å². The van der Waals surface area contributed by atoms with Gasteiger partial charge in [-0.1, -0.05) is 41.9 Å². The Labute approximate surface area is 191 Å². The number of ether oxygens (including phenoxy) is 3. The van der Waals surface area contributed by atoms with Crippen LogP contribution in [0.1, 0.15) is 34.0 Å². The molecule has 162 valence electrons. The monoisotopic (exact) mass is 448 g/mol. The molecule has 0 atom stereocenters. The maximum atomic E-state index is 12.9. The fourth-order valence-electron chi connectivity index (χ4n) is 3.43. The van der Waals surface area contributed by atoms with E-state index in [1.165, 1.54) is 0 Å². The number of benzene rings is 3. The summed E-state index contributed by atoms with van der Waals surface area (Å²) in [5.74, 6) is 0.969. The topological polar surface area (TPSA) is 61.8 Å². The smallest absolute Gasteiger partial charge is 0.315 e. The summed E-state index contributed by atoms with van der Waals surface area (Å²) in [6, 6.07) is 17.7. The number of esters is 1. The fraction of sp³-hybridized carbons (Fsp3) is 0.154. The quantitative estimate of drug-likeness (QED) is 0.270. The first kappa shape index (κ1) is 21.7. The minimum atomic E-state index is -0.416. The van der Waals surface area contributed by atoms with E-state index < -0.39 is 5.97 Å². The molecule has 0 aromatic heterocycles. The van der Waals surface area contributed by atoms with Crippen LogP contribution in [0.3, 0.4) is 0 Å². The number of para-hydroxylation sites is 1. The van der Waals surface area contributed by atoms with E-state index in [0.29, 0.717) is 40.0 Å². The molecule has 0 amide bonds. The normalized spacial score (nSPS) is 13.6. The molecule has 0 radical (unpaired) electrons. The lowest BCUT2D eigenvalue weighted by Gasteiger charge is -2.10. The molecule has 6 heteroatoms. The largest absolute Gasteiger partial charge is 0.493 e. The van der Waals surface area contributed by atoms with Gasteiger partial charge in [-0.3, -0.25) is 9.59 Å². The van der Waals surface area contributed by atoms with E-state index in [9.17, 15) is 9.59 Å². The molecule has 1 aliphatic heterocycles. The molecule has 1 aliphatic rings. The highest BCUT2D eigenvalue weighted by Gasteiger charge is 2.30. The molecule has 0 N–H and O–H groups in total. The summed E-state index contributed by atoms with van der Waals surface area (Å²) in [6.07, 6.45) is 1.77. The first-order valence-electron chi connectivity index (χ1n) is 10.2. The van der Waals surface area contributed by atoms with Gasteiger partial charge in [0.15, 0.2) is 5.76 Å². The van der Waals surface area contributed by atoms with Gasteiger partial charge in [-0.25, -0.2) is 0 Å². The molecular weight excluding hydrogens is 428 g/mol. The van der Waals surface area contributed by atoms with Crippen LogP contribution in [0.4, 0.5) is 0 Å². The zero-order valence-electron chi connectivity index (χ0n) is 17.7. The highest BCUT2D eigenvalue weighted by atomic mass is 35.5. The highest BCUT2D eigenvalue weighted by Crippen LogP contribution is 2.39. The third-order valence-electron chi connectivity index (χ3n) is 5.03. The van der Waals surface area contributed by atoms with Crippen molar-refractivity contribution in [3.05, 3.63) is 93.7 Å². The molecule has 3 aromatic carbocycles. The van der Waals surface area contributed by atoms with Gasteiger partial charge in [0, 0.05) is 16.1 Å². The first-order valence-corrected chi connectivity index (χ1v) is 10.6. The van der Waals surface area contributed by atoms with Gasteiger partial charge in [-0.05, 0) is 55.8 Å². The Kier molecular flexibility index (Phi) is 6.28. The average Bonchev–Trinajstić information content (AvgIpc) is 3.09. The van der Waals surface area contributed by atoms with Gasteiger partial charge in [-0.15, -0.1) is 0 Å². The Morgan fingerprint density at radius 3 is 2.53 bits per heavy atom. The number of carbonyl (C=O) groups is 2. The van der Waals surface area contributed by atoms with E-state index >= 15 is 0 Å². The third kappa shape index (κ3) is 4.53. The molecule has 0 unspecified atom stereocenters. The van der Waals surface area contributed by atoms with E-state index in [0.717, 1.165) is 11.1 Å². The van der Waals surface area contributed by atoms with Crippen LogP contribution in [0.5, 0.6) is 17.2 Å². The summed E-state index contributed by atoms with van der Waals surface area (Å²) in [7, 11) is 0. The van der Waals surface area contributed by atoms with E-state index in [1.54, 1.807) is 49.4 Å². The number of ketones is 1. The van der Waals surface area contributed by atoms with Crippen molar-refractivity contribution < 1.29 is 23.8 Å². The maximum Gasteiger partial charge on any atom is 0.315 e. The van der Waals surface area contributed by atoms with Crippen LogP contribution in [0.25, 0.3) is 6.08 Å². The first-order chi connectivity index (χ1) is 15.5. The predicted octanol–water partition coefficient (Wildman–Crippen LogP) is 5.81. The van der Waals surface area contributed by atoms with Gasteiger partial charge in [0.1, 0.15) is 17.2 Å². The van der Waals surface area contributed by atoms with Crippen molar-refractivity contribution in [2.75, 3.05) is 6.61 Å². The molecule has 5 nitrogen and oxygen atoms in total. The van der Waals surface area contributed by atoms with Gasteiger partial charge in [0.2, 0.25) is 5.78 Å². The number of carbonyl (C=O) groups excluding carboxylic acids is 2. The van der Waals surface area contributed by atoms with Crippen LogP contribution in [0.2, 0.25) is 5.02 Å². The Morgan fingerprint density at radius 2 is 1.78 bits per heavy atom. The van der Waals surface area contributed by atoms with Crippen LogP contribution in [0, 0.1) is 6.92 Å². The Balaban J connectivity index is 1.55. The van der Waals surface area contributed by atoms with Crippen molar-refractivity contribution in [1.82, 2.24) is 0 Å². The number of hydrogen-bond acceptors (Lipinski definition) is 5. The second-order valence-electron chi connectivity index (χ2n) is 7.25. The van der Waals surface area contributed by atoms with Crippen molar-refractivity contribution >= 4 is 29.4 Å². The van der Waals surface area contributed by atoms with E-state index in [2.05, 4.69) is 0 Å². The number of fused-ring (bicyclic) bond motifs is 1. The zero-order chi connectivity index (χ0) is 22.7. The molecule has 0 bridgehead atoms. The molecule has 0 spiro atoms. The maximum absolute atomic E-state index is 12.9. The number of rotatable bonds is 6. The molecular formula is C26H21ClO5. The summed E-state index contributed by atoms with van der Waals surface area (Å²) in [5.41, 5.74) is 2.56. The van der Waals surface area contributed by atoms with Gasteiger partial charge < -0.3 is 14.2 Å². The highest BCUT2D eigenvalue weighted by molar-refractivity contribution is 6.30. The predicted molar refractivity (Wildman–Crippen MR) is 123 cm³/mol. The molecule has 0 fully saturated rings. The van der Waals surface area contributed by atoms with Crippen molar-refractivity contribution in [3.63, 3.8) is 0 Å². The fourth-order valence-corrected chi connectivity index (χ4v) is 3.56. The molecule has 3 aromatic rings. The second kappa shape index (κ2) is 9.28. The Bertz CT molecular complexity index is 1210. The van der Waals surface area contributed by atoms with Crippen molar-refractivity contribution in [3.8, 4) is 17.2 Å². The van der Waals surface area contributed by atoms with Crippen molar-refractivity contribution in [2.24, 2.45) is 0 Å². The van der Waals surface area contributed by atoms with E-state index in [1.807, 2.05) is 31.2 Å². The number of hydrogen-bond donors (Lipinski definition) is 0. The van der Waals surface area contributed by atoms with Crippen LogP contribution in [0.15, 0.2) is 66.4 Å². The van der Waals surface area contributed by atoms with Crippen LogP contribution in [-0.4, -0.2) is 18.4 Å². The van der Waals surface area contributed by atoms with Crippen molar-refractivity contribution in [2.45, 2.75) is 20.3 Å². The lowest BCUT2D eigenvalue weighted by atomic mass is 10.1. The summed E-state index contributed by atoms with van der Waals surface area (Å²) < 4.78 is 17.1. The summed E-state index contributed by atoms with van der Waals surface area (Å²) in [4.78, 5) is 25.3. The molecule has 0 saturated heterocycles. The minimum absolute atomic E-state index is 0.104. The van der Waals surface area contributed by atoms with Crippen molar-refractivity contribution in [1.29, 1.82) is 0 Å². The number of halogens is 1. The number of Topliss-reactive ketones (excluding diaryl/α,β-unsaturated/α-hetero) is 1. The molecule has 32 heavy (non-hydrogen) atoms. The Hall–Kier alpha value is -3.57.